The smallest absolute Gasteiger partial charge is 0.225 e. The summed E-state index contributed by atoms with van der Waals surface area (Å²) in [5, 5.41) is 5.74. The minimum atomic E-state index is -0.587. The molecule has 0 spiro atoms. The second kappa shape index (κ2) is 5.23. The first kappa shape index (κ1) is 12.0. The molecule has 1 aliphatic rings. The van der Waals surface area contributed by atoms with Crippen LogP contribution in [0.25, 0.3) is 0 Å². The van der Waals surface area contributed by atoms with Crippen LogP contribution in [0.5, 0.6) is 0 Å². The van der Waals surface area contributed by atoms with Gasteiger partial charge in [0.05, 0.1) is 5.92 Å². The van der Waals surface area contributed by atoms with Crippen LogP contribution >= 0.6 is 0 Å². The van der Waals surface area contributed by atoms with Crippen molar-refractivity contribution in [2.24, 2.45) is 5.92 Å². The molecule has 1 aromatic rings. The lowest BCUT2D eigenvalue weighted by Gasteiger charge is -2.25. The normalized spacial score (nSPS) is 15.4. The molecule has 2 N–H and O–H groups in total. The largest absolute Gasteiger partial charge is 0.355 e. The van der Waals surface area contributed by atoms with E-state index in [0.717, 1.165) is 6.07 Å². The molecule has 1 saturated heterocycles. The van der Waals surface area contributed by atoms with Gasteiger partial charge in [0.1, 0.15) is 11.6 Å². The molecule has 2 rings (SSSR count). The van der Waals surface area contributed by atoms with E-state index < -0.39 is 11.6 Å². The van der Waals surface area contributed by atoms with Crippen molar-refractivity contribution in [3.8, 4) is 0 Å². The molecule has 0 unspecified atom stereocenters. The standard InChI is InChI=1S/C12H14F2N2O/c13-10-2-1-8(11(14)5-10)3-4-16-12(17)9-6-15-7-9/h1-2,5,9,15H,3-4,6-7H2,(H,16,17). The highest BCUT2D eigenvalue weighted by atomic mass is 19.1. The van der Waals surface area contributed by atoms with Crippen molar-refractivity contribution in [3.63, 3.8) is 0 Å². The van der Waals surface area contributed by atoms with Gasteiger partial charge in [0, 0.05) is 25.7 Å². The van der Waals surface area contributed by atoms with Gasteiger partial charge in [-0.3, -0.25) is 4.79 Å². The van der Waals surface area contributed by atoms with E-state index in [0.29, 0.717) is 31.6 Å². The molecule has 0 aliphatic carbocycles. The van der Waals surface area contributed by atoms with Crippen LogP contribution in [-0.4, -0.2) is 25.5 Å². The van der Waals surface area contributed by atoms with Crippen molar-refractivity contribution in [2.45, 2.75) is 6.42 Å². The molecule has 0 radical (unpaired) electrons. The Labute approximate surface area is 98.2 Å². The second-order valence-electron chi connectivity index (χ2n) is 4.13. The molecule has 1 fully saturated rings. The SMILES string of the molecule is O=C(NCCc1ccc(F)cc1F)C1CNC1. The Morgan fingerprint density at radius 1 is 1.41 bits per heavy atom. The molecule has 1 amide bonds. The first-order chi connectivity index (χ1) is 8.16. The zero-order chi connectivity index (χ0) is 12.3. The highest BCUT2D eigenvalue weighted by molar-refractivity contribution is 5.79. The summed E-state index contributed by atoms with van der Waals surface area (Å²) in [6, 6.07) is 3.48. The number of benzene rings is 1. The fourth-order valence-electron chi connectivity index (χ4n) is 1.66. The van der Waals surface area contributed by atoms with Gasteiger partial charge in [-0.25, -0.2) is 8.78 Å². The highest BCUT2D eigenvalue weighted by Crippen LogP contribution is 2.10. The molecule has 1 aromatic carbocycles. The van der Waals surface area contributed by atoms with Crippen molar-refractivity contribution in [1.82, 2.24) is 10.6 Å². The summed E-state index contributed by atoms with van der Waals surface area (Å²) < 4.78 is 25.9. The summed E-state index contributed by atoms with van der Waals surface area (Å²) >= 11 is 0. The quantitative estimate of drug-likeness (QED) is 0.819. The van der Waals surface area contributed by atoms with Crippen LogP contribution in [0, 0.1) is 17.6 Å². The molecule has 5 heteroatoms. The van der Waals surface area contributed by atoms with Crippen LogP contribution in [0.2, 0.25) is 0 Å². The Balaban J connectivity index is 1.79. The van der Waals surface area contributed by atoms with E-state index in [4.69, 9.17) is 0 Å². The molecule has 0 bridgehead atoms. The van der Waals surface area contributed by atoms with E-state index in [1.54, 1.807) is 0 Å². The van der Waals surface area contributed by atoms with Gasteiger partial charge in [-0.2, -0.15) is 0 Å². The lowest BCUT2D eigenvalue weighted by atomic mass is 10.0. The molecular weight excluding hydrogens is 226 g/mol. The number of amides is 1. The van der Waals surface area contributed by atoms with Crippen molar-refractivity contribution in [3.05, 3.63) is 35.4 Å². The van der Waals surface area contributed by atoms with Crippen LogP contribution in [0.4, 0.5) is 8.78 Å². The van der Waals surface area contributed by atoms with Crippen LogP contribution in [0.3, 0.4) is 0 Å². The van der Waals surface area contributed by atoms with Gasteiger partial charge in [-0.1, -0.05) is 6.07 Å². The number of rotatable bonds is 4. The molecule has 0 atom stereocenters. The van der Waals surface area contributed by atoms with Crippen LogP contribution in [-0.2, 0) is 11.2 Å². The predicted molar refractivity (Wildman–Crippen MR) is 59.4 cm³/mol. The zero-order valence-electron chi connectivity index (χ0n) is 9.30. The Morgan fingerprint density at radius 3 is 2.76 bits per heavy atom. The van der Waals surface area contributed by atoms with Gasteiger partial charge in [-0.15, -0.1) is 0 Å². The molecule has 1 aliphatic heterocycles. The Kier molecular flexibility index (Phi) is 3.68. The fourth-order valence-corrected chi connectivity index (χ4v) is 1.66. The molecular formula is C12H14F2N2O. The van der Waals surface area contributed by atoms with Crippen molar-refractivity contribution >= 4 is 5.91 Å². The summed E-state index contributed by atoms with van der Waals surface area (Å²) in [6.45, 7) is 1.78. The van der Waals surface area contributed by atoms with Crippen molar-refractivity contribution in [2.75, 3.05) is 19.6 Å². The number of halogens is 2. The first-order valence-corrected chi connectivity index (χ1v) is 5.59. The number of hydrogen-bond donors (Lipinski definition) is 2. The molecule has 3 nitrogen and oxygen atoms in total. The Bertz CT molecular complexity index is 419. The minimum Gasteiger partial charge on any atom is -0.355 e. The van der Waals surface area contributed by atoms with Gasteiger partial charge in [0.15, 0.2) is 0 Å². The van der Waals surface area contributed by atoms with E-state index >= 15 is 0 Å². The fraction of sp³-hybridized carbons (Fsp3) is 0.417. The van der Waals surface area contributed by atoms with Gasteiger partial charge in [0.2, 0.25) is 5.91 Å². The lowest BCUT2D eigenvalue weighted by Crippen LogP contribution is -2.51. The van der Waals surface area contributed by atoms with E-state index in [1.165, 1.54) is 12.1 Å². The third-order valence-electron chi connectivity index (χ3n) is 2.86. The van der Waals surface area contributed by atoms with E-state index in [-0.39, 0.29) is 11.8 Å². The summed E-state index contributed by atoms with van der Waals surface area (Å²) in [5.41, 5.74) is 0.415. The highest BCUT2D eigenvalue weighted by Gasteiger charge is 2.24. The maximum absolute atomic E-state index is 13.2. The zero-order valence-corrected chi connectivity index (χ0v) is 9.30. The third kappa shape index (κ3) is 3.00. The maximum Gasteiger partial charge on any atom is 0.225 e. The van der Waals surface area contributed by atoms with Crippen LogP contribution < -0.4 is 10.6 Å². The summed E-state index contributed by atoms with van der Waals surface area (Å²) in [4.78, 5) is 11.4. The Hall–Kier alpha value is -1.49. The van der Waals surface area contributed by atoms with Crippen molar-refractivity contribution in [1.29, 1.82) is 0 Å². The molecule has 0 saturated carbocycles. The number of carbonyl (C=O) groups is 1. The Morgan fingerprint density at radius 2 is 2.18 bits per heavy atom. The second-order valence-corrected chi connectivity index (χ2v) is 4.13. The van der Waals surface area contributed by atoms with E-state index in [9.17, 15) is 13.6 Å². The van der Waals surface area contributed by atoms with Gasteiger partial charge >= 0.3 is 0 Å². The maximum atomic E-state index is 13.2. The average Bonchev–Trinajstić information content (AvgIpc) is 2.18. The minimum absolute atomic E-state index is 0.00808. The summed E-state index contributed by atoms with van der Waals surface area (Å²) in [5.74, 6) is -1.13. The van der Waals surface area contributed by atoms with Crippen molar-refractivity contribution < 1.29 is 13.6 Å². The predicted octanol–water partition coefficient (Wildman–Crippen LogP) is 0.843. The van der Waals surface area contributed by atoms with Crippen LogP contribution in [0.15, 0.2) is 18.2 Å². The number of carbonyl (C=O) groups excluding carboxylic acids is 1. The molecule has 17 heavy (non-hydrogen) atoms. The lowest BCUT2D eigenvalue weighted by molar-refractivity contribution is -0.126. The van der Waals surface area contributed by atoms with Gasteiger partial charge in [-0.05, 0) is 18.1 Å². The van der Waals surface area contributed by atoms with Gasteiger partial charge < -0.3 is 10.6 Å². The topological polar surface area (TPSA) is 41.1 Å². The third-order valence-corrected chi connectivity index (χ3v) is 2.86. The van der Waals surface area contributed by atoms with Crippen LogP contribution in [0.1, 0.15) is 5.56 Å². The number of nitrogens with one attached hydrogen (secondary N) is 2. The van der Waals surface area contributed by atoms with E-state index in [1.807, 2.05) is 0 Å². The molecule has 0 aromatic heterocycles. The van der Waals surface area contributed by atoms with Gasteiger partial charge in [0.25, 0.3) is 0 Å². The molecule has 92 valence electrons. The summed E-state index contributed by atoms with van der Waals surface area (Å²) in [7, 11) is 0. The monoisotopic (exact) mass is 240 g/mol. The molecule has 1 heterocycles. The summed E-state index contributed by atoms with van der Waals surface area (Å²) in [6.07, 6.45) is 0.373. The first-order valence-electron chi connectivity index (χ1n) is 5.59. The van der Waals surface area contributed by atoms with E-state index in [2.05, 4.69) is 10.6 Å². The number of hydrogen-bond acceptors (Lipinski definition) is 2. The average molecular weight is 240 g/mol.